The number of nitrogens with one attached hydrogen (secondary N) is 1. The van der Waals surface area contributed by atoms with Gasteiger partial charge in [0.15, 0.2) is 0 Å². The van der Waals surface area contributed by atoms with Crippen LogP contribution in [0.4, 0.5) is 5.82 Å². The minimum atomic E-state index is -3.60. The number of nitrogens with zero attached hydrogens (tertiary/aromatic N) is 5. The predicted octanol–water partition coefficient (Wildman–Crippen LogP) is 2.43. The first-order chi connectivity index (χ1) is 16.0. The van der Waals surface area contributed by atoms with Crippen LogP contribution in [0.1, 0.15) is 38.7 Å². The molecule has 34 heavy (non-hydrogen) atoms. The van der Waals surface area contributed by atoms with E-state index in [-0.39, 0.29) is 22.8 Å². The molecule has 0 bridgehead atoms. The summed E-state index contributed by atoms with van der Waals surface area (Å²) in [7, 11) is -1.73. The number of amides is 1. The molecule has 0 atom stereocenters. The number of rotatable bonds is 6. The van der Waals surface area contributed by atoms with Gasteiger partial charge in [-0.15, -0.1) is 0 Å². The van der Waals surface area contributed by atoms with E-state index in [0.717, 1.165) is 11.2 Å². The van der Waals surface area contributed by atoms with Crippen LogP contribution in [-0.4, -0.2) is 64.3 Å². The number of benzene rings is 1. The number of morpholine rings is 1. The summed E-state index contributed by atoms with van der Waals surface area (Å²) >= 11 is 0. The summed E-state index contributed by atoms with van der Waals surface area (Å²) in [4.78, 5) is 17.5. The molecule has 11 heteroatoms. The van der Waals surface area contributed by atoms with Gasteiger partial charge in [-0.25, -0.2) is 18.1 Å². The Labute approximate surface area is 200 Å². The van der Waals surface area contributed by atoms with Crippen molar-refractivity contribution >= 4 is 32.8 Å². The lowest BCUT2D eigenvalue weighted by atomic mass is 10.1. The zero-order valence-corrected chi connectivity index (χ0v) is 21.1. The molecule has 0 saturated carbocycles. The fourth-order valence-electron chi connectivity index (χ4n) is 4.08. The Morgan fingerprint density at radius 3 is 2.56 bits per heavy atom. The van der Waals surface area contributed by atoms with Crippen molar-refractivity contribution in [2.45, 2.75) is 51.0 Å². The topological polar surface area (TPSA) is 111 Å². The van der Waals surface area contributed by atoms with Crippen LogP contribution in [0.3, 0.4) is 0 Å². The average molecular weight is 489 g/mol. The molecule has 0 unspecified atom stereocenters. The molecule has 1 N–H and O–H groups in total. The highest BCUT2D eigenvalue weighted by Crippen LogP contribution is 2.24. The molecule has 2 aromatic heterocycles. The van der Waals surface area contributed by atoms with Gasteiger partial charge in [0.05, 0.1) is 40.4 Å². The molecule has 1 aliphatic heterocycles. The number of carbonyl (C=O) groups is 1. The molecule has 0 spiro atoms. The minimum absolute atomic E-state index is 0.131. The standard InChI is InChI=1S/C23H32N6O4S/c1-16-14-21(29(26-16)23(2,3)4)25-22(30)9-8-20-24-18-15-17(6-7-19(18)27(20)5)34(31,32)28-10-12-33-13-11-28/h6-7,14-15H,8-13H2,1-5H3,(H,25,30). The van der Waals surface area contributed by atoms with Crippen molar-refractivity contribution in [2.24, 2.45) is 7.05 Å². The normalized spacial score (nSPS) is 15.7. The van der Waals surface area contributed by atoms with Crippen LogP contribution in [0.2, 0.25) is 0 Å². The summed E-state index contributed by atoms with van der Waals surface area (Å²) in [6.07, 6.45) is 0.662. The monoisotopic (exact) mass is 488 g/mol. The van der Waals surface area contributed by atoms with Gasteiger partial charge in [-0.2, -0.15) is 9.40 Å². The molecule has 1 amide bonds. The number of aryl methyl sites for hydroxylation is 3. The maximum Gasteiger partial charge on any atom is 0.243 e. The van der Waals surface area contributed by atoms with Crippen LogP contribution in [0, 0.1) is 6.92 Å². The van der Waals surface area contributed by atoms with Crippen LogP contribution in [-0.2, 0) is 38.6 Å². The highest BCUT2D eigenvalue weighted by molar-refractivity contribution is 7.89. The quantitative estimate of drug-likeness (QED) is 0.570. The van der Waals surface area contributed by atoms with Gasteiger partial charge < -0.3 is 14.6 Å². The van der Waals surface area contributed by atoms with Crippen LogP contribution >= 0.6 is 0 Å². The first-order valence-corrected chi connectivity index (χ1v) is 12.8. The zero-order valence-electron chi connectivity index (χ0n) is 20.3. The second kappa shape index (κ2) is 9.12. The van der Waals surface area contributed by atoms with Crippen LogP contribution in [0.5, 0.6) is 0 Å². The van der Waals surface area contributed by atoms with Gasteiger partial charge in [-0.3, -0.25) is 4.79 Å². The molecule has 1 aliphatic rings. The lowest BCUT2D eigenvalue weighted by molar-refractivity contribution is -0.116. The first-order valence-electron chi connectivity index (χ1n) is 11.4. The lowest BCUT2D eigenvalue weighted by Crippen LogP contribution is -2.40. The fourth-order valence-corrected chi connectivity index (χ4v) is 5.51. The summed E-state index contributed by atoms with van der Waals surface area (Å²) in [5.41, 5.74) is 1.99. The van der Waals surface area contributed by atoms with Gasteiger partial charge >= 0.3 is 0 Å². The molecule has 3 heterocycles. The van der Waals surface area contributed by atoms with Crippen molar-refractivity contribution < 1.29 is 17.9 Å². The van der Waals surface area contributed by atoms with Crippen LogP contribution in [0.25, 0.3) is 11.0 Å². The van der Waals surface area contributed by atoms with Crippen molar-refractivity contribution in [2.75, 3.05) is 31.6 Å². The molecule has 4 rings (SSSR count). The average Bonchev–Trinajstić information content (AvgIpc) is 3.31. The maximum absolute atomic E-state index is 13.0. The lowest BCUT2D eigenvalue weighted by Gasteiger charge is -2.26. The summed E-state index contributed by atoms with van der Waals surface area (Å²) in [6.45, 7) is 9.46. The smallest absolute Gasteiger partial charge is 0.243 e. The molecular weight excluding hydrogens is 456 g/mol. The molecule has 3 aromatic rings. The second-order valence-electron chi connectivity index (χ2n) is 9.56. The van der Waals surface area contributed by atoms with Crippen LogP contribution < -0.4 is 5.32 Å². The molecule has 0 aliphatic carbocycles. The Balaban J connectivity index is 1.49. The number of carbonyl (C=O) groups excluding carboxylic acids is 1. The first kappa shape index (κ1) is 24.4. The van der Waals surface area contributed by atoms with Gasteiger partial charge in [0.2, 0.25) is 15.9 Å². The minimum Gasteiger partial charge on any atom is -0.379 e. The van der Waals surface area contributed by atoms with Crippen molar-refractivity contribution in [3.8, 4) is 0 Å². The van der Waals surface area contributed by atoms with Crippen molar-refractivity contribution in [3.63, 3.8) is 0 Å². The third-order valence-electron chi connectivity index (χ3n) is 5.86. The number of hydrogen-bond acceptors (Lipinski definition) is 6. The molecule has 1 fully saturated rings. The van der Waals surface area contributed by atoms with Crippen molar-refractivity contribution in [1.82, 2.24) is 23.6 Å². The molecule has 10 nitrogen and oxygen atoms in total. The van der Waals surface area contributed by atoms with E-state index < -0.39 is 10.0 Å². The number of aromatic nitrogens is 4. The highest BCUT2D eigenvalue weighted by Gasteiger charge is 2.27. The Kier molecular flexibility index (Phi) is 6.54. The summed E-state index contributed by atoms with van der Waals surface area (Å²) in [6, 6.07) is 6.84. The molecular formula is C23H32N6O4S. The van der Waals surface area contributed by atoms with Crippen molar-refractivity contribution in [1.29, 1.82) is 0 Å². The van der Waals surface area contributed by atoms with Crippen molar-refractivity contribution in [3.05, 3.63) is 35.8 Å². The highest BCUT2D eigenvalue weighted by atomic mass is 32.2. The Bertz CT molecular complexity index is 1310. The third kappa shape index (κ3) is 4.86. The second-order valence-corrected chi connectivity index (χ2v) is 11.5. The van der Waals surface area contributed by atoms with E-state index in [9.17, 15) is 13.2 Å². The Morgan fingerprint density at radius 2 is 1.88 bits per heavy atom. The predicted molar refractivity (Wildman–Crippen MR) is 129 cm³/mol. The number of hydrogen-bond donors (Lipinski definition) is 1. The maximum atomic E-state index is 13.0. The van der Waals surface area contributed by atoms with E-state index in [0.29, 0.717) is 49.9 Å². The van der Waals surface area contributed by atoms with Gasteiger partial charge in [-0.05, 0) is 45.9 Å². The summed E-state index contributed by atoms with van der Waals surface area (Å²) < 4.78 is 36.4. The number of sulfonamides is 1. The van der Waals surface area contributed by atoms with Gasteiger partial charge in [0, 0.05) is 39.0 Å². The zero-order chi connectivity index (χ0) is 24.7. The van der Waals surface area contributed by atoms with Gasteiger partial charge in [0.1, 0.15) is 11.6 Å². The number of imidazole rings is 1. The van der Waals surface area contributed by atoms with Crippen LogP contribution in [0.15, 0.2) is 29.2 Å². The number of ether oxygens (including phenoxy) is 1. The molecule has 1 aromatic carbocycles. The fraction of sp³-hybridized carbons (Fsp3) is 0.522. The largest absolute Gasteiger partial charge is 0.379 e. The van der Waals surface area contributed by atoms with E-state index in [2.05, 4.69) is 15.4 Å². The van der Waals surface area contributed by atoms with E-state index in [4.69, 9.17) is 4.74 Å². The molecule has 1 saturated heterocycles. The Hall–Kier alpha value is -2.76. The van der Waals surface area contributed by atoms with E-state index in [1.165, 1.54) is 4.31 Å². The molecule has 184 valence electrons. The summed E-state index contributed by atoms with van der Waals surface area (Å²) in [5, 5.41) is 7.44. The molecule has 0 radical (unpaired) electrons. The summed E-state index contributed by atoms with van der Waals surface area (Å²) in [5.74, 6) is 1.25. The van der Waals surface area contributed by atoms with E-state index in [1.807, 2.05) is 50.1 Å². The number of anilines is 1. The Morgan fingerprint density at radius 1 is 1.18 bits per heavy atom. The van der Waals surface area contributed by atoms with E-state index in [1.54, 1.807) is 18.2 Å². The SMILES string of the molecule is Cc1cc(NC(=O)CCc2nc3cc(S(=O)(=O)N4CCOCC4)ccc3n2C)n(C(C)(C)C)n1. The third-order valence-corrected chi connectivity index (χ3v) is 7.76. The van der Waals surface area contributed by atoms with Gasteiger partial charge in [-0.1, -0.05) is 0 Å². The van der Waals surface area contributed by atoms with Gasteiger partial charge in [0.25, 0.3) is 0 Å². The van der Waals surface area contributed by atoms with E-state index >= 15 is 0 Å². The number of fused-ring (bicyclic) bond motifs is 1.